The molecule has 0 aromatic carbocycles. The Morgan fingerprint density at radius 2 is 2.64 bits per heavy atom. The third kappa shape index (κ3) is 0.959. The number of hydrogen-bond donors (Lipinski definition) is 1. The van der Waals surface area contributed by atoms with Gasteiger partial charge in [0.1, 0.15) is 0 Å². The third-order valence-electron chi connectivity index (χ3n) is 2.24. The van der Waals surface area contributed by atoms with Gasteiger partial charge in [0.15, 0.2) is 0 Å². The van der Waals surface area contributed by atoms with Crippen LogP contribution in [0.25, 0.3) is 0 Å². The van der Waals surface area contributed by atoms with Crippen molar-refractivity contribution in [1.82, 2.24) is 15.1 Å². The quantitative estimate of drug-likeness (QED) is 0.650. The van der Waals surface area contributed by atoms with Crippen molar-refractivity contribution in [1.29, 1.82) is 0 Å². The Hall–Kier alpha value is -0.830. The summed E-state index contributed by atoms with van der Waals surface area (Å²) in [7, 11) is 0. The molecule has 1 atom stereocenters. The van der Waals surface area contributed by atoms with Crippen LogP contribution in [0.3, 0.4) is 0 Å². The molecule has 1 aliphatic rings. The number of fused-ring (bicyclic) bond motifs is 1. The number of nitrogens with one attached hydrogen (secondary N) is 1. The van der Waals surface area contributed by atoms with E-state index in [1.807, 2.05) is 4.68 Å². The van der Waals surface area contributed by atoms with Crippen LogP contribution in [0.1, 0.15) is 31.1 Å². The van der Waals surface area contributed by atoms with Crippen molar-refractivity contribution in [3.05, 3.63) is 17.5 Å². The molecule has 1 aromatic heterocycles. The summed E-state index contributed by atoms with van der Waals surface area (Å²) in [5.74, 6) is 0. The Labute approximate surface area is 66.4 Å². The number of aromatic nitrogens is 2. The van der Waals surface area contributed by atoms with E-state index in [1.54, 1.807) is 0 Å². The Bertz CT molecular complexity index is 264. The maximum Gasteiger partial charge on any atom is 0.0810 e. The molecule has 1 aromatic rings. The molecule has 0 saturated heterocycles. The molecule has 0 aliphatic carbocycles. The molecular formula is C8H13N3. The van der Waals surface area contributed by atoms with Crippen LogP contribution in [0.4, 0.5) is 0 Å². The maximum atomic E-state index is 4.41. The maximum absolute atomic E-state index is 4.41. The lowest BCUT2D eigenvalue weighted by atomic mass is 10.2. The van der Waals surface area contributed by atoms with E-state index < -0.39 is 0 Å². The summed E-state index contributed by atoms with van der Waals surface area (Å²) in [4.78, 5) is 0. The van der Waals surface area contributed by atoms with Crippen molar-refractivity contribution in [2.75, 3.05) is 0 Å². The molecule has 0 bridgehead atoms. The molecule has 2 rings (SSSR count). The van der Waals surface area contributed by atoms with Gasteiger partial charge in [-0.05, 0) is 13.8 Å². The average Bonchev–Trinajstić information content (AvgIpc) is 2.53. The van der Waals surface area contributed by atoms with E-state index in [-0.39, 0.29) is 0 Å². The molecule has 3 nitrogen and oxygen atoms in total. The lowest BCUT2D eigenvalue weighted by Crippen LogP contribution is -2.09. The molecule has 1 aliphatic heterocycles. The van der Waals surface area contributed by atoms with E-state index in [2.05, 4.69) is 30.5 Å². The molecule has 0 radical (unpaired) electrons. The first-order valence-electron chi connectivity index (χ1n) is 4.11. The minimum absolute atomic E-state index is 0.491. The molecule has 1 N–H and O–H groups in total. The molecule has 2 heterocycles. The highest BCUT2D eigenvalue weighted by Crippen LogP contribution is 2.22. The van der Waals surface area contributed by atoms with Crippen LogP contribution in [-0.4, -0.2) is 9.78 Å². The van der Waals surface area contributed by atoms with E-state index in [4.69, 9.17) is 0 Å². The number of nitrogens with zero attached hydrogens (tertiary/aromatic N) is 2. The average molecular weight is 151 g/mol. The van der Waals surface area contributed by atoms with Crippen molar-refractivity contribution in [3.8, 4) is 0 Å². The summed E-state index contributed by atoms with van der Waals surface area (Å²) < 4.78 is 2.00. The van der Waals surface area contributed by atoms with Crippen molar-refractivity contribution in [3.63, 3.8) is 0 Å². The van der Waals surface area contributed by atoms with Gasteiger partial charge in [-0.1, -0.05) is 0 Å². The van der Waals surface area contributed by atoms with Crippen LogP contribution in [0, 0.1) is 0 Å². The van der Waals surface area contributed by atoms with Crippen LogP contribution in [0.5, 0.6) is 0 Å². The van der Waals surface area contributed by atoms with Crippen LogP contribution in [0.2, 0.25) is 0 Å². The smallest absolute Gasteiger partial charge is 0.0810 e. The summed E-state index contributed by atoms with van der Waals surface area (Å²) in [5, 5.41) is 7.75. The van der Waals surface area contributed by atoms with E-state index in [0.29, 0.717) is 6.04 Å². The van der Waals surface area contributed by atoms with Crippen LogP contribution in [-0.2, 0) is 13.1 Å². The van der Waals surface area contributed by atoms with E-state index in [1.165, 1.54) is 11.3 Å². The minimum atomic E-state index is 0.491. The second kappa shape index (κ2) is 2.34. The van der Waals surface area contributed by atoms with Gasteiger partial charge in [0.05, 0.1) is 5.69 Å². The molecule has 60 valence electrons. The normalized spacial score (nSPS) is 22.2. The van der Waals surface area contributed by atoms with E-state index in [0.717, 1.165) is 13.1 Å². The number of rotatable bonds is 1. The van der Waals surface area contributed by atoms with Gasteiger partial charge in [-0.25, -0.2) is 0 Å². The summed E-state index contributed by atoms with van der Waals surface area (Å²) in [6, 6.07) is 0.491. The fraction of sp³-hybridized carbons (Fsp3) is 0.625. The van der Waals surface area contributed by atoms with Gasteiger partial charge in [0, 0.05) is 30.9 Å². The van der Waals surface area contributed by atoms with Gasteiger partial charge in [-0.2, -0.15) is 5.10 Å². The molecule has 11 heavy (non-hydrogen) atoms. The highest BCUT2D eigenvalue weighted by atomic mass is 15.3. The predicted octanol–water partition coefficient (Wildman–Crippen LogP) is 1.07. The SMILES string of the molecule is CCn1cc2c(n1)CNC2C. The summed E-state index contributed by atoms with van der Waals surface area (Å²) in [6.07, 6.45) is 2.14. The molecular weight excluding hydrogens is 138 g/mol. The minimum Gasteiger partial charge on any atom is -0.304 e. The van der Waals surface area contributed by atoms with Crippen molar-refractivity contribution >= 4 is 0 Å². The zero-order valence-corrected chi connectivity index (χ0v) is 6.96. The summed E-state index contributed by atoms with van der Waals surface area (Å²) in [5.41, 5.74) is 2.59. The highest BCUT2D eigenvalue weighted by molar-refractivity contribution is 5.25. The van der Waals surface area contributed by atoms with Crippen molar-refractivity contribution < 1.29 is 0 Å². The highest BCUT2D eigenvalue weighted by Gasteiger charge is 2.20. The molecule has 1 unspecified atom stereocenters. The fourth-order valence-corrected chi connectivity index (χ4v) is 1.50. The van der Waals surface area contributed by atoms with Gasteiger partial charge < -0.3 is 5.32 Å². The molecule has 0 saturated carbocycles. The second-order valence-corrected chi connectivity index (χ2v) is 2.99. The molecule has 3 heteroatoms. The zero-order chi connectivity index (χ0) is 7.84. The van der Waals surface area contributed by atoms with Gasteiger partial charge in [-0.15, -0.1) is 0 Å². The molecule has 0 fully saturated rings. The number of aryl methyl sites for hydroxylation is 1. The van der Waals surface area contributed by atoms with Gasteiger partial charge in [-0.3, -0.25) is 4.68 Å². The first-order valence-corrected chi connectivity index (χ1v) is 4.11. The van der Waals surface area contributed by atoms with Crippen LogP contribution >= 0.6 is 0 Å². The lowest BCUT2D eigenvalue weighted by Gasteiger charge is -2.01. The van der Waals surface area contributed by atoms with Crippen molar-refractivity contribution in [2.24, 2.45) is 0 Å². The monoisotopic (exact) mass is 151 g/mol. The first-order chi connectivity index (χ1) is 5.31. The van der Waals surface area contributed by atoms with Gasteiger partial charge >= 0.3 is 0 Å². The summed E-state index contributed by atoms with van der Waals surface area (Å²) >= 11 is 0. The summed E-state index contributed by atoms with van der Waals surface area (Å²) in [6.45, 7) is 6.19. The predicted molar refractivity (Wildman–Crippen MR) is 43.2 cm³/mol. The largest absolute Gasteiger partial charge is 0.304 e. The number of hydrogen-bond acceptors (Lipinski definition) is 2. The van der Waals surface area contributed by atoms with Gasteiger partial charge in [0.25, 0.3) is 0 Å². The zero-order valence-electron chi connectivity index (χ0n) is 6.96. The first kappa shape index (κ1) is 6.85. The lowest BCUT2D eigenvalue weighted by molar-refractivity contribution is 0.588. The Morgan fingerprint density at radius 3 is 3.27 bits per heavy atom. The Morgan fingerprint density at radius 1 is 1.82 bits per heavy atom. The van der Waals surface area contributed by atoms with E-state index >= 15 is 0 Å². The molecule has 0 amide bonds. The topological polar surface area (TPSA) is 29.9 Å². The van der Waals surface area contributed by atoms with Crippen LogP contribution < -0.4 is 5.32 Å². The Kier molecular flexibility index (Phi) is 1.46. The van der Waals surface area contributed by atoms with Crippen LogP contribution in [0.15, 0.2) is 6.20 Å². The second-order valence-electron chi connectivity index (χ2n) is 2.99. The Balaban J connectivity index is 2.38. The third-order valence-corrected chi connectivity index (χ3v) is 2.24. The fourth-order valence-electron chi connectivity index (χ4n) is 1.50. The van der Waals surface area contributed by atoms with Gasteiger partial charge in [0.2, 0.25) is 0 Å². The standard InChI is InChI=1S/C8H13N3/c1-3-11-5-7-6(2)9-4-8(7)10-11/h5-6,9H,3-4H2,1-2H3. The molecule has 0 spiro atoms. The van der Waals surface area contributed by atoms with E-state index in [9.17, 15) is 0 Å². The van der Waals surface area contributed by atoms with Crippen molar-refractivity contribution in [2.45, 2.75) is 33.0 Å².